The maximum absolute atomic E-state index is 11.3. The Morgan fingerprint density at radius 3 is 2.33 bits per heavy atom. The monoisotopic (exact) mass is 294 g/mol. The molecule has 1 aromatic carbocycles. The summed E-state index contributed by atoms with van der Waals surface area (Å²) in [6.45, 7) is 2.08. The fraction of sp³-hybridized carbons (Fsp3) is 0.600. The van der Waals surface area contributed by atoms with Crippen molar-refractivity contribution in [2.75, 3.05) is 19.5 Å². The Morgan fingerprint density at radius 2 is 1.81 bits per heavy atom. The summed E-state index contributed by atoms with van der Waals surface area (Å²) in [5, 5.41) is 14.5. The first-order valence-electron chi connectivity index (χ1n) is 7.23. The number of nitro benzene ring substituents is 1. The molecule has 0 aliphatic heterocycles. The third-order valence-electron chi connectivity index (χ3n) is 4.19. The van der Waals surface area contributed by atoms with E-state index in [0.717, 1.165) is 0 Å². The van der Waals surface area contributed by atoms with Gasteiger partial charge in [-0.1, -0.05) is 12.8 Å². The van der Waals surface area contributed by atoms with Crippen LogP contribution in [0.3, 0.4) is 0 Å². The van der Waals surface area contributed by atoms with E-state index < -0.39 is 4.92 Å². The minimum Gasteiger partial charge on any atom is -0.493 e. The van der Waals surface area contributed by atoms with Crippen LogP contribution < -0.4 is 14.8 Å². The normalized spacial score (nSPS) is 16.5. The lowest BCUT2D eigenvalue weighted by Crippen LogP contribution is -2.24. The van der Waals surface area contributed by atoms with Crippen LogP contribution in [0, 0.1) is 16.0 Å². The average molecular weight is 294 g/mol. The van der Waals surface area contributed by atoms with Crippen molar-refractivity contribution in [3.05, 3.63) is 22.2 Å². The second-order valence-corrected chi connectivity index (χ2v) is 5.46. The highest BCUT2D eigenvalue weighted by atomic mass is 16.6. The molecule has 1 fully saturated rings. The van der Waals surface area contributed by atoms with E-state index in [0.29, 0.717) is 23.1 Å². The van der Waals surface area contributed by atoms with Gasteiger partial charge in [-0.05, 0) is 25.7 Å². The molecule has 0 saturated heterocycles. The maximum Gasteiger partial charge on any atom is 0.296 e. The van der Waals surface area contributed by atoms with Crippen LogP contribution in [0.2, 0.25) is 0 Å². The molecule has 21 heavy (non-hydrogen) atoms. The third-order valence-corrected chi connectivity index (χ3v) is 4.19. The summed E-state index contributed by atoms with van der Waals surface area (Å²) in [5.74, 6) is 1.42. The van der Waals surface area contributed by atoms with E-state index in [1.807, 2.05) is 0 Å². The SMILES string of the molecule is COc1cc(NC(C)C2CCCC2)c([N+](=O)[O-])cc1OC. The quantitative estimate of drug-likeness (QED) is 0.641. The molecule has 0 spiro atoms. The Balaban J connectivity index is 2.29. The molecular weight excluding hydrogens is 272 g/mol. The molecule has 1 atom stereocenters. The molecule has 6 heteroatoms. The van der Waals surface area contributed by atoms with Crippen LogP contribution in [-0.2, 0) is 0 Å². The fourth-order valence-corrected chi connectivity index (χ4v) is 2.96. The maximum atomic E-state index is 11.3. The standard InChI is InChI=1S/C15H22N2O4/c1-10(11-6-4-5-7-11)16-12-8-14(20-2)15(21-3)9-13(12)17(18)19/h8-11,16H,4-7H2,1-3H3. The number of nitro groups is 1. The van der Waals surface area contributed by atoms with Crippen molar-refractivity contribution in [2.45, 2.75) is 38.6 Å². The lowest BCUT2D eigenvalue weighted by atomic mass is 9.99. The predicted molar refractivity (Wildman–Crippen MR) is 81.2 cm³/mol. The van der Waals surface area contributed by atoms with Gasteiger partial charge in [-0.25, -0.2) is 0 Å². The Labute approximate surface area is 124 Å². The Hall–Kier alpha value is -1.98. The minimum absolute atomic E-state index is 0.0116. The molecule has 0 bridgehead atoms. The van der Waals surface area contributed by atoms with Crippen LogP contribution in [0.15, 0.2) is 12.1 Å². The molecular formula is C15H22N2O4. The number of nitrogens with zero attached hydrogens (tertiary/aromatic N) is 1. The number of rotatable bonds is 6. The van der Waals surface area contributed by atoms with Gasteiger partial charge in [0.05, 0.1) is 25.2 Å². The molecule has 1 N–H and O–H groups in total. The lowest BCUT2D eigenvalue weighted by Gasteiger charge is -2.22. The lowest BCUT2D eigenvalue weighted by molar-refractivity contribution is -0.384. The first kappa shape index (κ1) is 15.4. The summed E-state index contributed by atoms with van der Waals surface area (Å²) in [6.07, 6.45) is 4.83. The molecule has 1 aliphatic carbocycles. The van der Waals surface area contributed by atoms with E-state index in [4.69, 9.17) is 9.47 Å². The van der Waals surface area contributed by atoms with Crippen LogP contribution >= 0.6 is 0 Å². The topological polar surface area (TPSA) is 73.6 Å². The van der Waals surface area contributed by atoms with E-state index in [1.165, 1.54) is 46.0 Å². The van der Waals surface area contributed by atoms with Crippen molar-refractivity contribution in [1.82, 2.24) is 0 Å². The van der Waals surface area contributed by atoms with Crippen LogP contribution in [0.4, 0.5) is 11.4 Å². The van der Waals surface area contributed by atoms with Gasteiger partial charge in [0.2, 0.25) is 0 Å². The van der Waals surface area contributed by atoms with E-state index in [1.54, 1.807) is 6.07 Å². The van der Waals surface area contributed by atoms with Gasteiger partial charge in [0.25, 0.3) is 5.69 Å². The fourth-order valence-electron chi connectivity index (χ4n) is 2.96. The summed E-state index contributed by atoms with van der Waals surface area (Å²) in [5.41, 5.74) is 0.495. The molecule has 2 rings (SSSR count). The van der Waals surface area contributed by atoms with Gasteiger partial charge in [-0.3, -0.25) is 10.1 Å². The number of anilines is 1. The smallest absolute Gasteiger partial charge is 0.296 e. The zero-order valence-electron chi connectivity index (χ0n) is 12.7. The second-order valence-electron chi connectivity index (χ2n) is 5.46. The molecule has 1 unspecified atom stereocenters. The molecule has 116 valence electrons. The Kier molecular flexibility index (Phi) is 4.88. The van der Waals surface area contributed by atoms with Crippen molar-refractivity contribution < 1.29 is 14.4 Å². The largest absolute Gasteiger partial charge is 0.493 e. The highest BCUT2D eigenvalue weighted by Gasteiger charge is 2.25. The van der Waals surface area contributed by atoms with E-state index in [-0.39, 0.29) is 11.7 Å². The van der Waals surface area contributed by atoms with E-state index in [9.17, 15) is 10.1 Å². The molecule has 1 saturated carbocycles. The summed E-state index contributed by atoms with van der Waals surface area (Å²) < 4.78 is 10.4. The molecule has 0 aromatic heterocycles. The number of nitrogens with one attached hydrogen (secondary N) is 1. The highest BCUT2D eigenvalue weighted by Crippen LogP contribution is 2.39. The number of hydrogen-bond donors (Lipinski definition) is 1. The molecule has 0 radical (unpaired) electrons. The number of ether oxygens (including phenoxy) is 2. The molecule has 6 nitrogen and oxygen atoms in total. The van der Waals surface area contributed by atoms with E-state index >= 15 is 0 Å². The molecule has 0 heterocycles. The summed E-state index contributed by atoms with van der Waals surface area (Å²) in [4.78, 5) is 10.9. The summed E-state index contributed by atoms with van der Waals surface area (Å²) >= 11 is 0. The Morgan fingerprint density at radius 1 is 1.24 bits per heavy atom. The van der Waals surface area contributed by atoms with Gasteiger partial charge in [-0.2, -0.15) is 0 Å². The van der Waals surface area contributed by atoms with Crippen LogP contribution in [0.1, 0.15) is 32.6 Å². The van der Waals surface area contributed by atoms with Crippen molar-refractivity contribution in [3.63, 3.8) is 0 Å². The summed E-state index contributed by atoms with van der Waals surface area (Å²) in [7, 11) is 2.99. The first-order chi connectivity index (χ1) is 10.1. The van der Waals surface area contributed by atoms with Crippen LogP contribution in [0.25, 0.3) is 0 Å². The summed E-state index contributed by atoms with van der Waals surface area (Å²) in [6, 6.07) is 3.25. The highest BCUT2D eigenvalue weighted by molar-refractivity contribution is 5.68. The zero-order chi connectivity index (χ0) is 15.4. The number of methoxy groups -OCH3 is 2. The number of benzene rings is 1. The minimum atomic E-state index is -0.397. The van der Waals surface area contributed by atoms with Gasteiger partial charge in [0, 0.05) is 12.1 Å². The second kappa shape index (κ2) is 6.65. The van der Waals surface area contributed by atoms with Crippen LogP contribution in [0.5, 0.6) is 11.5 Å². The van der Waals surface area contributed by atoms with Gasteiger partial charge in [0.1, 0.15) is 5.69 Å². The van der Waals surface area contributed by atoms with Crippen LogP contribution in [-0.4, -0.2) is 25.2 Å². The van der Waals surface area contributed by atoms with Crippen molar-refractivity contribution in [1.29, 1.82) is 0 Å². The zero-order valence-corrected chi connectivity index (χ0v) is 12.7. The third kappa shape index (κ3) is 3.37. The molecule has 1 aromatic rings. The first-order valence-corrected chi connectivity index (χ1v) is 7.23. The Bertz CT molecular complexity index is 513. The predicted octanol–water partition coefficient (Wildman–Crippen LogP) is 3.60. The van der Waals surface area contributed by atoms with E-state index in [2.05, 4.69) is 12.2 Å². The number of hydrogen-bond acceptors (Lipinski definition) is 5. The van der Waals surface area contributed by atoms with Gasteiger partial charge >= 0.3 is 0 Å². The van der Waals surface area contributed by atoms with Crippen molar-refractivity contribution in [3.8, 4) is 11.5 Å². The van der Waals surface area contributed by atoms with Crippen molar-refractivity contribution >= 4 is 11.4 Å². The average Bonchev–Trinajstić information content (AvgIpc) is 3.00. The van der Waals surface area contributed by atoms with Gasteiger partial charge < -0.3 is 14.8 Å². The van der Waals surface area contributed by atoms with Gasteiger partial charge in [0.15, 0.2) is 11.5 Å². The molecule has 0 amide bonds. The molecule has 1 aliphatic rings. The van der Waals surface area contributed by atoms with Gasteiger partial charge in [-0.15, -0.1) is 0 Å². The van der Waals surface area contributed by atoms with Crippen molar-refractivity contribution in [2.24, 2.45) is 5.92 Å².